The standard InChI is InChI=1S/C16H13NO5/c18-16(12-4-2-1-3-5-12)13(17(19)20)8-11-6-7-14-15(9-11)22-10-21-14/h1-7,9,13H,8,10H2. The Kier molecular flexibility index (Phi) is 3.74. The molecule has 0 amide bonds. The third-order valence-corrected chi connectivity index (χ3v) is 3.48. The summed E-state index contributed by atoms with van der Waals surface area (Å²) >= 11 is 0. The Morgan fingerprint density at radius 1 is 1.14 bits per heavy atom. The summed E-state index contributed by atoms with van der Waals surface area (Å²) in [6.07, 6.45) is 0.0113. The van der Waals surface area contributed by atoms with Gasteiger partial charge in [-0.3, -0.25) is 14.9 Å². The second-order valence-electron chi connectivity index (χ2n) is 4.92. The van der Waals surface area contributed by atoms with Crippen LogP contribution in [0.5, 0.6) is 11.5 Å². The predicted octanol–water partition coefficient (Wildman–Crippen LogP) is 2.49. The van der Waals surface area contributed by atoms with Crippen LogP contribution in [0.1, 0.15) is 15.9 Å². The van der Waals surface area contributed by atoms with E-state index in [1.165, 1.54) is 0 Å². The van der Waals surface area contributed by atoms with E-state index in [4.69, 9.17) is 9.47 Å². The van der Waals surface area contributed by atoms with E-state index in [0.717, 1.165) is 0 Å². The molecule has 1 unspecified atom stereocenters. The number of benzene rings is 2. The molecule has 0 N–H and O–H groups in total. The second kappa shape index (κ2) is 5.85. The van der Waals surface area contributed by atoms with Gasteiger partial charge in [0.05, 0.1) is 0 Å². The first-order valence-corrected chi connectivity index (χ1v) is 6.76. The highest BCUT2D eigenvalue weighted by Gasteiger charge is 2.31. The third kappa shape index (κ3) is 2.76. The van der Waals surface area contributed by atoms with Crippen LogP contribution in [0.2, 0.25) is 0 Å². The molecule has 0 spiro atoms. The summed E-state index contributed by atoms with van der Waals surface area (Å²) in [7, 11) is 0. The van der Waals surface area contributed by atoms with E-state index >= 15 is 0 Å². The van der Waals surface area contributed by atoms with Gasteiger partial charge in [0.15, 0.2) is 11.5 Å². The third-order valence-electron chi connectivity index (χ3n) is 3.48. The van der Waals surface area contributed by atoms with Gasteiger partial charge in [0.25, 0.3) is 6.04 Å². The first kappa shape index (κ1) is 14.1. The lowest BCUT2D eigenvalue weighted by atomic mass is 9.98. The van der Waals surface area contributed by atoms with E-state index < -0.39 is 16.7 Å². The number of ketones is 1. The number of hydrogen-bond donors (Lipinski definition) is 0. The fraction of sp³-hybridized carbons (Fsp3) is 0.188. The monoisotopic (exact) mass is 299 g/mol. The van der Waals surface area contributed by atoms with Crippen molar-refractivity contribution in [3.63, 3.8) is 0 Å². The van der Waals surface area contributed by atoms with Crippen LogP contribution in [0.3, 0.4) is 0 Å². The molecule has 6 heteroatoms. The number of carbonyl (C=O) groups is 1. The predicted molar refractivity (Wildman–Crippen MR) is 77.8 cm³/mol. The van der Waals surface area contributed by atoms with Gasteiger partial charge in [-0.2, -0.15) is 0 Å². The summed E-state index contributed by atoms with van der Waals surface area (Å²) < 4.78 is 10.4. The summed E-state index contributed by atoms with van der Waals surface area (Å²) in [6, 6.07) is 12.1. The van der Waals surface area contributed by atoms with E-state index in [9.17, 15) is 14.9 Å². The second-order valence-corrected chi connectivity index (χ2v) is 4.92. The maximum Gasteiger partial charge on any atom is 0.278 e. The van der Waals surface area contributed by atoms with E-state index in [1.54, 1.807) is 48.5 Å². The number of carbonyl (C=O) groups excluding carboxylic acids is 1. The van der Waals surface area contributed by atoms with Crippen molar-refractivity contribution in [3.05, 3.63) is 69.8 Å². The van der Waals surface area contributed by atoms with Crippen LogP contribution in [-0.4, -0.2) is 23.5 Å². The number of nitrogens with zero attached hydrogens (tertiary/aromatic N) is 1. The van der Waals surface area contributed by atoms with Crippen molar-refractivity contribution in [2.45, 2.75) is 12.5 Å². The number of ether oxygens (including phenoxy) is 2. The molecule has 1 atom stereocenters. The van der Waals surface area contributed by atoms with E-state index in [1.807, 2.05) is 0 Å². The van der Waals surface area contributed by atoms with Gasteiger partial charge in [-0.1, -0.05) is 36.4 Å². The summed E-state index contributed by atoms with van der Waals surface area (Å²) in [6.45, 7) is 0.139. The minimum atomic E-state index is -1.32. The Bertz CT molecular complexity index is 714. The largest absolute Gasteiger partial charge is 0.454 e. The van der Waals surface area contributed by atoms with Crippen LogP contribution in [0.4, 0.5) is 0 Å². The van der Waals surface area contributed by atoms with Gasteiger partial charge >= 0.3 is 0 Å². The maximum absolute atomic E-state index is 12.3. The molecule has 1 heterocycles. The van der Waals surface area contributed by atoms with Crippen LogP contribution < -0.4 is 9.47 Å². The molecule has 2 aromatic rings. The number of fused-ring (bicyclic) bond motifs is 1. The van der Waals surface area contributed by atoms with E-state index in [0.29, 0.717) is 22.6 Å². The zero-order valence-corrected chi connectivity index (χ0v) is 11.6. The molecular weight excluding hydrogens is 286 g/mol. The molecule has 2 aromatic carbocycles. The van der Waals surface area contributed by atoms with Crippen molar-refractivity contribution in [2.24, 2.45) is 0 Å². The summed E-state index contributed by atoms with van der Waals surface area (Å²) in [5.74, 6) is 0.658. The van der Waals surface area contributed by atoms with Crippen molar-refractivity contribution in [2.75, 3.05) is 6.79 Å². The molecule has 0 saturated heterocycles. The number of nitro groups is 1. The Morgan fingerprint density at radius 2 is 1.86 bits per heavy atom. The molecule has 0 aliphatic carbocycles. The molecule has 112 valence electrons. The summed E-state index contributed by atoms with van der Waals surface area (Å²) in [4.78, 5) is 23.1. The number of rotatable bonds is 5. The lowest BCUT2D eigenvalue weighted by Gasteiger charge is -2.09. The van der Waals surface area contributed by atoms with Crippen molar-refractivity contribution in [3.8, 4) is 11.5 Å². The van der Waals surface area contributed by atoms with Crippen molar-refractivity contribution in [1.82, 2.24) is 0 Å². The van der Waals surface area contributed by atoms with Gasteiger partial charge in [0.1, 0.15) is 0 Å². The summed E-state index contributed by atoms with van der Waals surface area (Å²) in [5.41, 5.74) is 1.00. The smallest absolute Gasteiger partial charge is 0.278 e. The number of hydrogen-bond acceptors (Lipinski definition) is 5. The van der Waals surface area contributed by atoms with Crippen LogP contribution in [0.15, 0.2) is 48.5 Å². The summed E-state index contributed by atoms with van der Waals surface area (Å²) in [5, 5.41) is 11.3. The van der Waals surface area contributed by atoms with Crippen LogP contribution >= 0.6 is 0 Å². The quantitative estimate of drug-likeness (QED) is 0.481. The van der Waals surface area contributed by atoms with Gasteiger partial charge in [-0.15, -0.1) is 0 Å². The van der Waals surface area contributed by atoms with Gasteiger partial charge in [-0.05, 0) is 17.7 Å². The maximum atomic E-state index is 12.3. The first-order chi connectivity index (χ1) is 10.6. The fourth-order valence-electron chi connectivity index (χ4n) is 2.35. The van der Waals surface area contributed by atoms with Crippen LogP contribution in [-0.2, 0) is 6.42 Å². The van der Waals surface area contributed by atoms with Crippen molar-refractivity contribution in [1.29, 1.82) is 0 Å². The molecule has 0 radical (unpaired) electrons. The Balaban J connectivity index is 1.83. The highest BCUT2D eigenvalue weighted by Crippen LogP contribution is 2.33. The van der Waals surface area contributed by atoms with Gasteiger partial charge < -0.3 is 9.47 Å². The SMILES string of the molecule is O=C(c1ccccc1)C(Cc1ccc2c(c1)OCO2)[N+](=O)[O-]. The van der Waals surface area contributed by atoms with E-state index in [-0.39, 0.29) is 13.2 Å². The van der Waals surface area contributed by atoms with Gasteiger partial charge in [0.2, 0.25) is 12.6 Å². The average Bonchev–Trinajstić information content (AvgIpc) is 3.00. The highest BCUT2D eigenvalue weighted by atomic mass is 16.7. The minimum Gasteiger partial charge on any atom is -0.454 e. The average molecular weight is 299 g/mol. The molecule has 0 saturated carbocycles. The molecule has 1 aliphatic rings. The highest BCUT2D eigenvalue weighted by molar-refractivity contribution is 5.99. The topological polar surface area (TPSA) is 78.7 Å². The molecular formula is C16H13NO5. The van der Waals surface area contributed by atoms with Crippen molar-refractivity contribution < 1.29 is 19.2 Å². The normalized spacial score (nSPS) is 13.6. The van der Waals surface area contributed by atoms with Crippen LogP contribution in [0, 0.1) is 10.1 Å². The Labute approximate surface area is 126 Å². The molecule has 0 fully saturated rings. The van der Waals surface area contributed by atoms with Gasteiger partial charge in [0, 0.05) is 16.9 Å². The van der Waals surface area contributed by atoms with Crippen LogP contribution in [0.25, 0.3) is 0 Å². The zero-order valence-electron chi connectivity index (χ0n) is 11.6. The fourth-order valence-corrected chi connectivity index (χ4v) is 2.35. The number of Topliss-reactive ketones (excluding diaryl/α,β-unsaturated/α-hetero) is 1. The molecule has 1 aliphatic heterocycles. The molecule has 0 aromatic heterocycles. The molecule has 6 nitrogen and oxygen atoms in total. The molecule has 22 heavy (non-hydrogen) atoms. The Hall–Kier alpha value is -2.89. The lowest BCUT2D eigenvalue weighted by molar-refractivity contribution is -0.504. The first-order valence-electron chi connectivity index (χ1n) is 6.76. The minimum absolute atomic E-state index is 0.0113. The Morgan fingerprint density at radius 3 is 2.59 bits per heavy atom. The lowest BCUT2D eigenvalue weighted by Crippen LogP contribution is -2.31. The van der Waals surface area contributed by atoms with E-state index in [2.05, 4.69) is 0 Å². The van der Waals surface area contributed by atoms with Gasteiger partial charge in [-0.25, -0.2) is 0 Å². The molecule has 3 rings (SSSR count). The molecule has 0 bridgehead atoms. The van der Waals surface area contributed by atoms with Crippen molar-refractivity contribution >= 4 is 5.78 Å². The zero-order chi connectivity index (χ0) is 15.5.